The average Bonchev–Trinajstić information content (AvgIpc) is 0.936. The lowest BCUT2D eigenvalue weighted by Crippen LogP contribution is -2.30. The zero-order valence-electron chi connectivity index (χ0n) is 64.3. The van der Waals surface area contributed by atoms with Crippen LogP contribution in [0.1, 0.15) is 408 Å². The van der Waals surface area contributed by atoms with Crippen LogP contribution in [0.25, 0.3) is 0 Å². The summed E-state index contributed by atoms with van der Waals surface area (Å²) in [6.07, 6.45) is 57.1. The molecule has 0 saturated heterocycles. The zero-order valence-corrected chi connectivity index (χ0v) is 66.0. The zero-order chi connectivity index (χ0) is 72.3. The molecule has 0 saturated carbocycles. The lowest BCUT2D eigenvalue weighted by atomic mass is 10.0. The highest BCUT2D eigenvalue weighted by molar-refractivity contribution is 7.47. The maximum Gasteiger partial charge on any atom is 0.472 e. The number of phosphoric acid groups is 2. The molecule has 0 heterocycles. The van der Waals surface area contributed by atoms with Crippen molar-refractivity contribution in [3.8, 4) is 0 Å². The van der Waals surface area contributed by atoms with Gasteiger partial charge in [0.25, 0.3) is 0 Å². The molecule has 0 radical (unpaired) electrons. The van der Waals surface area contributed by atoms with Gasteiger partial charge in [0.05, 0.1) is 26.4 Å². The van der Waals surface area contributed by atoms with E-state index in [-0.39, 0.29) is 25.7 Å². The molecule has 0 bridgehead atoms. The highest BCUT2D eigenvalue weighted by Gasteiger charge is 2.30. The van der Waals surface area contributed by atoms with Gasteiger partial charge in [-0.1, -0.05) is 357 Å². The van der Waals surface area contributed by atoms with Crippen molar-refractivity contribution in [2.75, 3.05) is 39.6 Å². The first-order valence-electron chi connectivity index (χ1n) is 40.8. The van der Waals surface area contributed by atoms with Gasteiger partial charge in [-0.25, -0.2) is 9.13 Å². The molecule has 3 N–H and O–H groups in total. The molecule has 0 aromatic carbocycles. The third kappa shape index (κ3) is 72.4. The molecule has 0 spiro atoms. The van der Waals surface area contributed by atoms with Crippen molar-refractivity contribution in [2.45, 2.75) is 426 Å². The van der Waals surface area contributed by atoms with E-state index in [4.69, 9.17) is 37.0 Å². The minimum absolute atomic E-state index is 0.105. The van der Waals surface area contributed by atoms with Crippen molar-refractivity contribution < 1.29 is 80.2 Å². The van der Waals surface area contributed by atoms with Crippen LogP contribution < -0.4 is 0 Å². The molecule has 0 aromatic rings. The van der Waals surface area contributed by atoms with Crippen LogP contribution in [-0.2, 0) is 65.4 Å². The fourth-order valence-electron chi connectivity index (χ4n) is 12.1. The predicted octanol–water partition coefficient (Wildman–Crippen LogP) is 23.4. The summed E-state index contributed by atoms with van der Waals surface area (Å²) in [5.74, 6) is 0.125. The lowest BCUT2D eigenvalue weighted by molar-refractivity contribution is -0.161. The number of phosphoric ester groups is 2. The number of rotatable bonds is 77. The molecule has 2 unspecified atom stereocenters. The second kappa shape index (κ2) is 69.4. The Kier molecular flexibility index (Phi) is 68.1. The van der Waals surface area contributed by atoms with Gasteiger partial charge in [-0.05, 0) is 43.4 Å². The van der Waals surface area contributed by atoms with E-state index in [1.165, 1.54) is 212 Å². The highest BCUT2D eigenvalue weighted by Crippen LogP contribution is 2.45. The second-order valence-electron chi connectivity index (χ2n) is 29.9. The van der Waals surface area contributed by atoms with E-state index in [0.717, 1.165) is 108 Å². The second-order valence-corrected chi connectivity index (χ2v) is 32.8. The number of esters is 4. The monoisotopic (exact) mass is 1440 g/mol. The van der Waals surface area contributed by atoms with Crippen LogP contribution in [0.3, 0.4) is 0 Å². The van der Waals surface area contributed by atoms with E-state index in [0.29, 0.717) is 31.6 Å². The summed E-state index contributed by atoms with van der Waals surface area (Å²) in [6.45, 7) is 11.9. The number of aliphatic hydroxyl groups is 1. The Morgan fingerprint density at radius 2 is 0.469 bits per heavy atom. The molecule has 19 heteroatoms. The van der Waals surface area contributed by atoms with Gasteiger partial charge in [0, 0.05) is 25.7 Å². The summed E-state index contributed by atoms with van der Waals surface area (Å²) < 4.78 is 68.6. The first kappa shape index (κ1) is 96.1. The molecular formula is C79H154O17P2. The standard InChI is InChI=1S/C79H154O17P2/c1-8-9-10-11-12-13-14-15-16-17-18-19-20-25-28-33-40-48-55-62-78(83)95-74(66-89-76(81)60-53-46-39-32-27-24-22-21-23-26-30-36-43-50-57-70(2)3)68-93-97(85,86)91-64-73(80)65-92-98(87,88)94-69-75(67-90-77(82)61-54-47-42-35-38-45-52-59-72(6)7)96-79(84)63-56-49-41-34-29-31-37-44-51-58-71(4)5/h70-75,80H,8-69H2,1-7H3,(H,85,86)(H,87,88)/t73-,74-,75-/m1/s1. The Labute approximate surface area is 600 Å². The van der Waals surface area contributed by atoms with Crippen LogP contribution in [0.15, 0.2) is 0 Å². The van der Waals surface area contributed by atoms with Crippen molar-refractivity contribution in [1.82, 2.24) is 0 Å². The summed E-state index contributed by atoms with van der Waals surface area (Å²) in [4.78, 5) is 72.9. The number of ether oxygens (including phenoxy) is 4. The molecule has 0 aliphatic heterocycles. The summed E-state index contributed by atoms with van der Waals surface area (Å²) >= 11 is 0. The molecule has 17 nitrogen and oxygen atoms in total. The van der Waals surface area contributed by atoms with Crippen LogP contribution in [-0.4, -0.2) is 96.7 Å². The van der Waals surface area contributed by atoms with Crippen LogP contribution in [0, 0.1) is 17.8 Å². The van der Waals surface area contributed by atoms with Gasteiger partial charge in [0.15, 0.2) is 12.2 Å². The third-order valence-corrected chi connectivity index (χ3v) is 20.3. The van der Waals surface area contributed by atoms with E-state index in [9.17, 15) is 43.2 Å². The SMILES string of the molecule is CCCCCCCCCCCCCCCCCCCCCC(=O)O[C@H](COC(=O)CCCCCCCCCCCCCCCCC(C)C)COP(=O)(O)OC[C@@H](O)COP(=O)(O)OC[C@@H](COC(=O)CCCCCCCCCC(C)C)OC(=O)CCCCCCCCCCCC(C)C. The number of aliphatic hydroxyl groups excluding tert-OH is 1. The third-order valence-electron chi connectivity index (χ3n) is 18.4. The number of unbranched alkanes of at least 4 members (excludes halogenated alkanes) is 45. The molecule has 5 atom stereocenters. The number of carbonyl (C=O) groups excluding carboxylic acids is 4. The van der Waals surface area contributed by atoms with Gasteiger partial charge >= 0.3 is 39.5 Å². The number of hydrogen-bond acceptors (Lipinski definition) is 15. The van der Waals surface area contributed by atoms with E-state index in [2.05, 4.69) is 48.5 Å². The Hall–Kier alpha value is -1.94. The Bertz CT molecular complexity index is 1900. The fourth-order valence-corrected chi connectivity index (χ4v) is 13.7. The van der Waals surface area contributed by atoms with Crippen molar-refractivity contribution in [3.05, 3.63) is 0 Å². The van der Waals surface area contributed by atoms with E-state index < -0.39 is 97.5 Å². The molecule has 582 valence electrons. The fraction of sp³-hybridized carbons (Fsp3) is 0.949. The highest BCUT2D eigenvalue weighted by atomic mass is 31.2. The Balaban J connectivity index is 5.23. The van der Waals surface area contributed by atoms with E-state index in [1.807, 2.05) is 0 Å². The quantitative estimate of drug-likeness (QED) is 0.0222. The van der Waals surface area contributed by atoms with Crippen LogP contribution >= 0.6 is 15.6 Å². The Morgan fingerprint density at radius 3 is 0.694 bits per heavy atom. The molecule has 98 heavy (non-hydrogen) atoms. The van der Waals surface area contributed by atoms with Crippen LogP contribution in [0.2, 0.25) is 0 Å². The maximum absolute atomic E-state index is 13.1. The number of carbonyl (C=O) groups is 4. The topological polar surface area (TPSA) is 237 Å². The van der Waals surface area contributed by atoms with Gasteiger partial charge in [0.2, 0.25) is 0 Å². The van der Waals surface area contributed by atoms with E-state index in [1.54, 1.807) is 0 Å². The molecule has 0 rings (SSSR count). The molecule has 0 aliphatic rings. The van der Waals surface area contributed by atoms with Gasteiger partial charge < -0.3 is 33.8 Å². The lowest BCUT2D eigenvalue weighted by Gasteiger charge is -2.21. The summed E-state index contributed by atoms with van der Waals surface area (Å²) in [6, 6.07) is 0. The molecular weight excluding hydrogens is 1280 g/mol. The first-order chi connectivity index (χ1) is 47.2. The van der Waals surface area contributed by atoms with Crippen molar-refractivity contribution in [1.29, 1.82) is 0 Å². The predicted molar refractivity (Wildman–Crippen MR) is 400 cm³/mol. The van der Waals surface area contributed by atoms with Crippen LogP contribution in [0.5, 0.6) is 0 Å². The maximum atomic E-state index is 13.1. The molecule has 0 amide bonds. The van der Waals surface area contributed by atoms with E-state index >= 15 is 0 Å². The van der Waals surface area contributed by atoms with Gasteiger partial charge in [-0.3, -0.25) is 37.3 Å². The van der Waals surface area contributed by atoms with Crippen molar-refractivity contribution >= 4 is 39.5 Å². The molecule has 0 aliphatic carbocycles. The normalized spacial score (nSPS) is 14.0. The summed E-state index contributed by atoms with van der Waals surface area (Å²) in [5, 5.41) is 10.6. The summed E-state index contributed by atoms with van der Waals surface area (Å²) in [7, 11) is -9.92. The first-order valence-corrected chi connectivity index (χ1v) is 43.8. The smallest absolute Gasteiger partial charge is 0.462 e. The van der Waals surface area contributed by atoms with Gasteiger partial charge in [-0.2, -0.15) is 0 Å². The van der Waals surface area contributed by atoms with Crippen molar-refractivity contribution in [2.24, 2.45) is 17.8 Å². The van der Waals surface area contributed by atoms with Crippen LogP contribution in [0.4, 0.5) is 0 Å². The average molecular weight is 1440 g/mol. The Morgan fingerprint density at radius 1 is 0.276 bits per heavy atom. The molecule has 0 fully saturated rings. The molecule has 0 aromatic heterocycles. The van der Waals surface area contributed by atoms with Crippen molar-refractivity contribution in [3.63, 3.8) is 0 Å². The minimum atomic E-state index is -4.96. The number of hydrogen-bond donors (Lipinski definition) is 3. The van der Waals surface area contributed by atoms with Gasteiger partial charge in [-0.15, -0.1) is 0 Å². The largest absolute Gasteiger partial charge is 0.472 e. The minimum Gasteiger partial charge on any atom is -0.462 e. The summed E-state index contributed by atoms with van der Waals surface area (Å²) in [5.41, 5.74) is 0. The van der Waals surface area contributed by atoms with Gasteiger partial charge in [0.1, 0.15) is 19.3 Å².